The van der Waals surface area contributed by atoms with E-state index in [9.17, 15) is 9.59 Å². The number of hydrogen-bond acceptors (Lipinski definition) is 7. The zero-order valence-electron chi connectivity index (χ0n) is 22.7. The number of amides is 3. The largest absolute Gasteiger partial charge is 0.497 e. The third-order valence-electron chi connectivity index (χ3n) is 6.57. The SMILES string of the molecule is COc1ccc(N2Cc3cnc(N(C(=O)[C@H](N)CCSC)c4ccccc4)nc3N(c3ccccc3)C2=O)cc1.Cl. The van der Waals surface area contributed by atoms with Crippen LogP contribution < -0.4 is 25.2 Å². The number of thioether (sulfide) groups is 1. The lowest BCUT2D eigenvalue weighted by Crippen LogP contribution is -2.46. The second kappa shape index (κ2) is 13.5. The molecule has 1 atom stereocenters. The highest BCUT2D eigenvalue weighted by atomic mass is 35.5. The summed E-state index contributed by atoms with van der Waals surface area (Å²) in [7, 11) is 1.60. The number of para-hydroxylation sites is 2. The van der Waals surface area contributed by atoms with Crippen LogP contribution >= 0.6 is 24.2 Å². The van der Waals surface area contributed by atoms with Gasteiger partial charge in [0.1, 0.15) is 5.75 Å². The van der Waals surface area contributed by atoms with E-state index in [1.54, 1.807) is 34.9 Å². The molecule has 1 aliphatic heterocycles. The minimum absolute atomic E-state index is 0. The first kappa shape index (κ1) is 29.9. The minimum Gasteiger partial charge on any atom is -0.497 e. The molecule has 212 valence electrons. The van der Waals surface area contributed by atoms with Gasteiger partial charge in [-0.1, -0.05) is 36.4 Å². The first-order valence-corrected chi connectivity index (χ1v) is 14.2. The number of hydrogen-bond donors (Lipinski definition) is 1. The summed E-state index contributed by atoms with van der Waals surface area (Å²) in [6.07, 6.45) is 4.16. The second-order valence-corrected chi connectivity index (χ2v) is 10.1. The van der Waals surface area contributed by atoms with Gasteiger partial charge in [-0.3, -0.25) is 9.69 Å². The predicted octanol–water partition coefficient (Wildman–Crippen LogP) is 5.93. The van der Waals surface area contributed by atoms with Crippen LogP contribution in [-0.4, -0.2) is 47.1 Å². The molecule has 1 aliphatic rings. The zero-order valence-corrected chi connectivity index (χ0v) is 24.3. The Labute approximate surface area is 249 Å². The quantitative estimate of drug-likeness (QED) is 0.257. The fourth-order valence-corrected chi connectivity index (χ4v) is 4.97. The number of aromatic nitrogens is 2. The van der Waals surface area contributed by atoms with Crippen LogP contribution in [-0.2, 0) is 11.3 Å². The topological polar surface area (TPSA) is 105 Å². The molecule has 41 heavy (non-hydrogen) atoms. The van der Waals surface area contributed by atoms with E-state index in [0.717, 1.165) is 11.3 Å². The molecule has 0 spiro atoms. The second-order valence-electron chi connectivity index (χ2n) is 9.15. The summed E-state index contributed by atoms with van der Waals surface area (Å²) in [6, 6.07) is 24.8. The average molecular weight is 591 g/mol. The summed E-state index contributed by atoms with van der Waals surface area (Å²) >= 11 is 1.63. The van der Waals surface area contributed by atoms with Gasteiger partial charge >= 0.3 is 6.03 Å². The molecular weight excluding hydrogens is 560 g/mol. The van der Waals surface area contributed by atoms with E-state index < -0.39 is 6.04 Å². The molecule has 2 heterocycles. The predicted molar refractivity (Wildman–Crippen MR) is 167 cm³/mol. The Balaban J connectivity index is 0.00000387. The third-order valence-corrected chi connectivity index (χ3v) is 7.22. The molecular formula is C30H31ClN6O3S. The summed E-state index contributed by atoms with van der Waals surface area (Å²) in [5, 5.41) is 0. The van der Waals surface area contributed by atoms with Crippen molar-refractivity contribution in [2.24, 2.45) is 5.73 Å². The zero-order chi connectivity index (χ0) is 28.1. The highest BCUT2D eigenvalue weighted by Crippen LogP contribution is 2.37. The van der Waals surface area contributed by atoms with Gasteiger partial charge in [0.25, 0.3) is 5.91 Å². The maximum atomic E-state index is 14.0. The first-order valence-electron chi connectivity index (χ1n) is 12.8. The van der Waals surface area contributed by atoms with E-state index >= 15 is 0 Å². The smallest absolute Gasteiger partial charge is 0.335 e. The summed E-state index contributed by atoms with van der Waals surface area (Å²) in [5.74, 6) is 1.70. The van der Waals surface area contributed by atoms with Crippen LogP contribution in [0.25, 0.3) is 0 Å². The van der Waals surface area contributed by atoms with Crippen molar-refractivity contribution in [1.82, 2.24) is 9.97 Å². The van der Waals surface area contributed by atoms with E-state index in [4.69, 9.17) is 15.5 Å². The maximum absolute atomic E-state index is 14.0. The summed E-state index contributed by atoms with van der Waals surface area (Å²) in [4.78, 5) is 41.7. The molecule has 3 aromatic carbocycles. The number of fused-ring (bicyclic) bond motifs is 1. The number of carbonyl (C=O) groups is 2. The fraction of sp³-hybridized carbons (Fsp3) is 0.200. The van der Waals surface area contributed by atoms with E-state index in [-0.39, 0.29) is 36.8 Å². The van der Waals surface area contributed by atoms with Gasteiger partial charge in [0, 0.05) is 17.4 Å². The minimum atomic E-state index is -0.732. The van der Waals surface area contributed by atoms with Crippen molar-refractivity contribution >= 4 is 64.9 Å². The number of nitrogens with zero attached hydrogens (tertiary/aromatic N) is 5. The number of urea groups is 1. The molecule has 3 amide bonds. The Morgan fingerprint density at radius 3 is 2.32 bits per heavy atom. The highest BCUT2D eigenvalue weighted by molar-refractivity contribution is 7.98. The lowest BCUT2D eigenvalue weighted by Gasteiger charge is -2.36. The number of rotatable bonds is 9. The molecule has 9 nitrogen and oxygen atoms in total. The van der Waals surface area contributed by atoms with Crippen molar-refractivity contribution < 1.29 is 14.3 Å². The van der Waals surface area contributed by atoms with E-state index in [1.165, 1.54) is 4.90 Å². The van der Waals surface area contributed by atoms with Crippen molar-refractivity contribution in [3.63, 3.8) is 0 Å². The number of ether oxygens (including phenoxy) is 1. The average Bonchev–Trinajstić information content (AvgIpc) is 3.00. The van der Waals surface area contributed by atoms with Crippen LogP contribution in [0.1, 0.15) is 12.0 Å². The Morgan fingerprint density at radius 1 is 1.02 bits per heavy atom. The Morgan fingerprint density at radius 2 is 1.68 bits per heavy atom. The summed E-state index contributed by atoms with van der Waals surface area (Å²) < 4.78 is 5.28. The Bertz CT molecular complexity index is 1480. The van der Waals surface area contributed by atoms with Crippen molar-refractivity contribution in [2.45, 2.75) is 19.0 Å². The normalized spacial score (nSPS) is 13.2. The van der Waals surface area contributed by atoms with Gasteiger partial charge in [-0.25, -0.2) is 19.6 Å². The van der Waals surface area contributed by atoms with E-state index in [1.807, 2.05) is 91.2 Å². The number of methoxy groups -OCH3 is 1. The van der Waals surface area contributed by atoms with Crippen molar-refractivity contribution in [1.29, 1.82) is 0 Å². The van der Waals surface area contributed by atoms with Crippen molar-refractivity contribution in [2.75, 3.05) is 33.8 Å². The molecule has 0 fully saturated rings. The number of nitrogens with two attached hydrogens (primary N) is 1. The standard InChI is InChI=1S/C30H30N6O3S.ClH/c1-39-25-15-13-22(14-16-25)34-20-21-19-32-29(33-27(21)35(30(34)38)23-9-5-3-6-10-23)36(24-11-7-4-8-12-24)28(37)26(31)17-18-40-2;/h3-16,19,26H,17-18,20,31H2,1-2H3;1H/t26-;/m1./s1. The van der Waals surface area contributed by atoms with Crippen molar-refractivity contribution in [3.05, 3.63) is 96.7 Å². The molecule has 0 bridgehead atoms. The number of carbonyl (C=O) groups excluding carboxylic acids is 2. The summed E-state index contributed by atoms with van der Waals surface area (Å²) in [6.45, 7) is 0.261. The number of anilines is 5. The molecule has 0 unspecified atom stereocenters. The van der Waals surface area contributed by atoms with Gasteiger partial charge in [-0.15, -0.1) is 12.4 Å². The third kappa shape index (κ3) is 6.30. The number of halogens is 1. The molecule has 0 radical (unpaired) electrons. The van der Waals surface area contributed by atoms with Gasteiger partial charge in [-0.2, -0.15) is 16.7 Å². The van der Waals surface area contributed by atoms with Gasteiger partial charge < -0.3 is 10.5 Å². The molecule has 0 aliphatic carbocycles. The van der Waals surface area contributed by atoms with Crippen LogP contribution in [0.4, 0.5) is 33.6 Å². The van der Waals surface area contributed by atoms with Gasteiger partial charge in [0.2, 0.25) is 5.95 Å². The molecule has 0 saturated carbocycles. The van der Waals surface area contributed by atoms with E-state index in [2.05, 4.69) is 4.98 Å². The summed E-state index contributed by atoms with van der Waals surface area (Å²) in [5.41, 5.74) is 9.00. The lowest BCUT2D eigenvalue weighted by atomic mass is 10.1. The van der Waals surface area contributed by atoms with Crippen LogP contribution in [0.2, 0.25) is 0 Å². The molecule has 11 heteroatoms. The van der Waals surface area contributed by atoms with E-state index in [0.29, 0.717) is 35.1 Å². The van der Waals surface area contributed by atoms with Crippen LogP contribution in [0.5, 0.6) is 5.75 Å². The molecule has 5 rings (SSSR count). The molecule has 0 saturated heterocycles. The van der Waals surface area contributed by atoms with Crippen LogP contribution in [0, 0.1) is 0 Å². The monoisotopic (exact) mass is 590 g/mol. The van der Waals surface area contributed by atoms with Gasteiger partial charge in [-0.05, 0) is 67.0 Å². The van der Waals surface area contributed by atoms with Gasteiger partial charge in [0.15, 0.2) is 5.82 Å². The Kier molecular flexibility index (Phi) is 9.82. The maximum Gasteiger partial charge on any atom is 0.335 e. The fourth-order valence-electron chi connectivity index (χ4n) is 4.48. The van der Waals surface area contributed by atoms with Crippen LogP contribution in [0.3, 0.4) is 0 Å². The van der Waals surface area contributed by atoms with Crippen LogP contribution in [0.15, 0.2) is 91.1 Å². The highest BCUT2D eigenvalue weighted by Gasteiger charge is 2.36. The first-order chi connectivity index (χ1) is 19.5. The van der Waals surface area contributed by atoms with Crippen molar-refractivity contribution in [3.8, 4) is 5.75 Å². The van der Waals surface area contributed by atoms with Gasteiger partial charge in [0.05, 0.1) is 31.1 Å². The lowest BCUT2D eigenvalue weighted by molar-refractivity contribution is -0.119. The molecule has 2 N–H and O–H groups in total. The molecule has 1 aromatic heterocycles. The number of benzene rings is 3. The Hall–Kier alpha value is -4.12. The molecule has 4 aromatic rings.